The summed E-state index contributed by atoms with van der Waals surface area (Å²) in [5.74, 6) is 0.826. The molecule has 0 spiro atoms. The highest BCUT2D eigenvalue weighted by atomic mass is 14.0. The Morgan fingerprint density at radius 3 is 2.25 bits per heavy atom. The molecule has 1 atom stereocenters. The van der Waals surface area contributed by atoms with Gasteiger partial charge < -0.3 is 0 Å². The van der Waals surface area contributed by atoms with Crippen LogP contribution in [0.15, 0.2) is 12.2 Å². The third-order valence-corrected chi connectivity index (χ3v) is 1.39. The molecule has 0 aromatic rings. The average Bonchev–Trinajstić information content (AvgIpc) is 1.65. The van der Waals surface area contributed by atoms with Crippen molar-refractivity contribution in [2.24, 2.45) is 5.92 Å². The fourth-order valence-corrected chi connectivity index (χ4v) is 0.739. The van der Waals surface area contributed by atoms with Crippen LogP contribution in [0.3, 0.4) is 0 Å². The molecule has 0 aromatic carbocycles. The Kier molecular flexibility index (Phi) is 3.59. The van der Waals surface area contributed by atoms with Gasteiger partial charge in [-0.1, -0.05) is 25.8 Å². The third-order valence-electron chi connectivity index (χ3n) is 1.39. The van der Waals surface area contributed by atoms with Crippen LogP contribution < -0.4 is 0 Å². The molecule has 0 rings (SSSR count). The van der Waals surface area contributed by atoms with Crippen molar-refractivity contribution in [3.63, 3.8) is 0 Å². The molecule has 0 fully saturated rings. The first kappa shape index (κ1) is 7.74. The fraction of sp³-hybridized carbons (Fsp3) is 0.750. The molecular weight excluding hydrogens is 96.1 g/mol. The zero-order chi connectivity index (χ0) is 6.57. The van der Waals surface area contributed by atoms with E-state index in [-0.39, 0.29) is 0 Å². The van der Waals surface area contributed by atoms with Gasteiger partial charge in [-0.25, -0.2) is 0 Å². The van der Waals surface area contributed by atoms with Crippen LogP contribution in [0.4, 0.5) is 0 Å². The van der Waals surface area contributed by atoms with Crippen LogP contribution in [0, 0.1) is 5.92 Å². The smallest absolute Gasteiger partial charge is 0.0300 e. The van der Waals surface area contributed by atoms with Crippen LogP contribution in [-0.2, 0) is 0 Å². The van der Waals surface area contributed by atoms with Gasteiger partial charge in [0.05, 0.1) is 0 Å². The van der Waals surface area contributed by atoms with Crippen molar-refractivity contribution in [2.45, 2.75) is 33.6 Å². The standard InChI is InChI=1S/C8H16/c1-5-8(4)6-7(2)3/h8H,2,5-6H2,1,3-4H3/t8-/m1/s1. The van der Waals surface area contributed by atoms with Crippen LogP contribution in [0.1, 0.15) is 33.6 Å². The van der Waals surface area contributed by atoms with E-state index in [1.807, 2.05) is 0 Å². The van der Waals surface area contributed by atoms with E-state index in [0.29, 0.717) is 0 Å². The largest absolute Gasteiger partial charge is 0.100 e. The summed E-state index contributed by atoms with van der Waals surface area (Å²) in [5, 5.41) is 0. The molecule has 0 bridgehead atoms. The lowest BCUT2D eigenvalue weighted by molar-refractivity contribution is 0.558. The third kappa shape index (κ3) is 3.91. The molecule has 0 nitrogen and oxygen atoms in total. The molecule has 0 aliphatic heterocycles. The lowest BCUT2D eigenvalue weighted by Crippen LogP contribution is -1.90. The first-order chi connectivity index (χ1) is 3.66. The Balaban J connectivity index is 3.24. The van der Waals surface area contributed by atoms with E-state index in [9.17, 15) is 0 Å². The van der Waals surface area contributed by atoms with E-state index in [4.69, 9.17) is 0 Å². The quantitative estimate of drug-likeness (QED) is 0.492. The summed E-state index contributed by atoms with van der Waals surface area (Å²) in [7, 11) is 0. The molecule has 0 heteroatoms. The van der Waals surface area contributed by atoms with Gasteiger partial charge in [-0.2, -0.15) is 0 Å². The molecule has 8 heavy (non-hydrogen) atoms. The predicted molar refractivity (Wildman–Crippen MR) is 38.9 cm³/mol. The maximum absolute atomic E-state index is 3.84. The minimum atomic E-state index is 0.826. The molecule has 0 unspecified atom stereocenters. The van der Waals surface area contributed by atoms with Gasteiger partial charge in [-0.15, -0.1) is 6.58 Å². The number of rotatable bonds is 3. The van der Waals surface area contributed by atoms with Crippen LogP contribution >= 0.6 is 0 Å². The topological polar surface area (TPSA) is 0 Å². The van der Waals surface area contributed by atoms with Crippen molar-refractivity contribution in [1.82, 2.24) is 0 Å². The Labute approximate surface area is 52.6 Å². The molecule has 0 heterocycles. The normalized spacial score (nSPS) is 13.4. The van der Waals surface area contributed by atoms with Crippen LogP contribution in [-0.4, -0.2) is 0 Å². The van der Waals surface area contributed by atoms with Gasteiger partial charge in [-0.05, 0) is 19.3 Å². The molecule has 0 radical (unpaired) electrons. The van der Waals surface area contributed by atoms with Gasteiger partial charge in [0, 0.05) is 0 Å². The first-order valence-electron chi connectivity index (χ1n) is 3.31. The van der Waals surface area contributed by atoms with E-state index < -0.39 is 0 Å². The highest BCUT2D eigenvalue weighted by molar-refractivity contribution is 4.88. The second-order valence-electron chi connectivity index (χ2n) is 2.67. The summed E-state index contributed by atoms with van der Waals surface area (Å²) in [6.45, 7) is 10.4. The highest BCUT2D eigenvalue weighted by Gasteiger charge is 1.95. The summed E-state index contributed by atoms with van der Waals surface area (Å²) in [6.07, 6.45) is 2.46. The van der Waals surface area contributed by atoms with Crippen molar-refractivity contribution in [1.29, 1.82) is 0 Å². The van der Waals surface area contributed by atoms with Crippen molar-refractivity contribution >= 4 is 0 Å². The maximum atomic E-state index is 3.84. The average molecular weight is 112 g/mol. The molecule has 0 amide bonds. The second-order valence-corrected chi connectivity index (χ2v) is 2.67. The van der Waals surface area contributed by atoms with Crippen molar-refractivity contribution in [3.8, 4) is 0 Å². The van der Waals surface area contributed by atoms with Gasteiger partial charge in [0.25, 0.3) is 0 Å². The zero-order valence-electron chi connectivity index (χ0n) is 6.20. The lowest BCUT2D eigenvalue weighted by atomic mass is 10.0. The minimum Gasteiger partial charge on any atom is -0.100 e. The SMILES string of the molecule is C=C(C)C[C@H](C)CC. The Morgan fingerprint density at radius 1 is 1.62 bits per heavy atom. The van der Waals surface area contributed by atoms with Gasteiger partial charge in [-0.3, -0.25) is 0 Å². The van der Waals surface area contributed by atoms with Gasteiger partial charge in [0.1, 0.15) is 0 Å². The van der Waals surface area contributed by atoms with E-state index in [2.05, 4.69) is 27.4 Å². The molecule has 0 aliphatic rings. The molecule has 0 aromatic heterocycles. The second kappa shape index (κ2) is 3.71. The lowest BCUT2D eigenvalue weighted by Gasteiger charge is -2.05. The predicted octanol–water partition coefficient (Wildman–Crippen LogP) is 3.00. The molecule has 0 saturated carbocycles. The number of allylic oxidation sites excluding steroid dienone is 1. The Bertz CT molecular complexity index is 72.1. The monoisotopic (exact) mass is 112 g/mol. The summed E-state index contributed by atoms with van der Waals surface area (Å²) < 4.78 is 0. The van der Waals surface area contributed by atoms with Crippen molar-refractivity contribution in [3.05, 3.63) is 12.2 Å². The van der Waals surface area contributed by atoms with Gasteiger partial charge in [0.2, 0.25) is 0 Å². The zero-order valence-corrected chi connectivity index (χ0v) is 6.20. The number of hydrogen-bond donors (Lipinski definition) is 0. The van der Waals surface area contributed by atoms with Gasteiger partial charge >= 0.3 is 0 Å². The first-order valence-corrected chi connectivity index (χ1v) is 3.31. The molecule has 48 valence electrons. The van der Waals surface area contributed by atoms with E-state index in [1.54, 1.807) is 0 Å². The maximum Gasteiger partial charge on any atom is -0.0300 e. The minimum absolute atomic E-state index is 0.826. The van der Waals surface area contributed by atoms with Crippen LogP contribution in [0.5, 0.6) is 0 Å². The Morgan fingerprint density at radius 2 is 2.12 bits per heavy atom. The molecular formula is C8H16. The molecule has 0 saturated heterocycles. The molecule has 0 N–H and O–H groups in total. The van der Waals surface area contributed by atoms with E-state index >= 15 is 0 Å². The highest BCUT2D eigenvalue weighted by Crippen LogP contribution is 2.11. The molecule has 0 aliphatic carbocycles. The summed E-state index contributed by atoms with van der Waals surface area (Å²) in [6, 6.07) is 0. The Hall–Kier alpha value is -0.260. The fourth-order valence-electron chi connectivity index (χ4n) is 0.739. The summed E-state index contributed by atoms with van der Waals surface area (Å²) in [4.78, 5) is 0. The van der Waals surface area contributed by atoms with Gasteiger partial charge in [0.15, 0.2) is 0 Å². The summed E-state index contributed by atoms with van der Waals surface area (Å²) >= 11 is 0. The van der Waals surface area contributed by atoms with Crippen LogP contribution in [0.2, 0.25) is 0 Å². The van der Waals surface area contributed by atoms with Crippen molar-refractivity contribution in [2.75, 3.05) is 0 Å². The van der Waals surface area contributed by atoms with Crippen molar-refractivity contribution < 1.29 is 0 Å². The van der Waals surface area contributed by atoms with Crippen LogP contribution in [0.25, 0.3) is 0 Å². The number of hydrogen-bond acceptors (Lipinski definition) is 0. The summed E-state index contributed by atoms with van der Waals surface area (Å²) in [5.41, 5.74) is 1.30. The van der Waals surface area contributed by atoms with E-state index in [0.717, 1.165) is 5.92 Å². The van der Waals surface area contributed by atoms with E-state index in [1.165, 1.54) is 18.4 Å².